The quantitative estimate of drug-likeness (QED) is 0.770. The van der Waals surface area contributed by atoms with Gasteiger partial charge in [-0.05, 0) is 29.9 Å². The van der Waals surface area contributed by atoms with Crippen LogP contribution in [0.15, 0.2) is 66.1 Å². The van der Waals surface area contributed by atoms with E-state index in [-0.39, 0.29) is 18.6 Å². The van der Waals surface area contributed by atoms with E-state index in [9.17, 15) is 4.79 Å². The van der Waals surface area contributed by atoms with Gasteiger partial charge < -0.3 is 11.1 Å². The van der Waals surface area contributed by atoms with Gasteiger partial charge in [-0.25, -0.2) is 4.99 Å². The number of nitrogens with one attached hydrogen (secondary N) is 2. The molecule has 1 aromatic carbocycles. The van der Waals surface area contributed by atoms with E-state index < -0.39 is 0 Å². The van der Waals surface area contributed by atoms with Crippen molar-refractivity contribution in [2.45, 2.75) is 12.7 Å². The maximum absolute atomic E-state index is 12.1. The zero-order valence-electron chi connectivity index (χ0n) is 13.3. The molecule has 0 bridgehead atoms. The topological polar surface area (TPSA) is 101 Å². The van der Waals surface area contributed by atoms with Crippen LogP contribution in [0, 0.1) is 0 Å². The number of aliphatic imine (C=N–C) groups is 1. The van der Waals surface area contributed by atoms with Gasteiger partial charge in [0.05, 0.1) is 6.20 Å². The van der Waals surface area contributed by atoms with Crippen LogP contribution in [0.5, 0.6) is 0 Å². The van der Waals surface area contributed by atoms with E-state index in [1.807, 2.05) is 59.9 Å². The van der Waals surface area contributed by atoms with Crippen LogP contribution in [0.2, 0.25) is 0 Å². The summed E-state index contributed by atoms with van der Waals surface area (Å²) in [6, 6.07) is 9.34. The number of para-hydroxylation sites is 1. The predicted molar refractivity (Wildman–Crippen MR) is 94.8 cm³/mol. The summed E-state index contributed by atoms with van der Waals surface area (Å²) in [7, 11) is 0. The molecule has 8 heteroatoms. The number of allylic oxidation sites excluding steroid dienone is 2. The summed E-state index contributed by atoms with van der Waals surface area (Å²) in [4.78, 5) is 16.4. The summed E-state index contributed by atoms with van der Waals surface area (Å²) >= 11 is 0. The van der Waals surface area contributed by atoms with Gasteiger partial charge in [0, 0.05) is 23.6 Å². The zero-order chi connectivity index (χ0) is 17.2. The van der Waals surface area contributed by atoms with Crippen molar-refractivity contribution in [3.8, 4) is 0 Å². The van der Waals surface area contributed by atoms with Crippen LogP contribution >= 0.6 is 0 Å². The normalized spacial score (nSPS) is 18.2. The van der Waals surface area contributed by atoms with Crippen LogP contribution in [0.3, 0.4) is 0 Å². The molecule has 3 heterocycles. The van der Waals surface area contributed by atoms with Gasteiger partial charge in [-0.2, -0.15) is 5.10 Å². The highest BCUT2D eigenvalue weighted by Gasteiger charge is 2.23. The van der Waals surface area contributed by atoms with Crippen molar-refractivity contribution in [1.29, 1.82) is 0 Å². The van der Waals surface area contributed by atoms with E-state index in [0.717, 1.165) is 16.8 Å². The molecule has 2 aliphatic rings. The highest BCUT2D eigenvalue weighted by molar-refractivity contribution is 5.90. The molecule has 126 valence electrons. The third kappa shape index (κ3) is 3.23. The lowest BCUT2D eigenvalue weighted by Gasteiger charge is -2.22. The van der Waals surface area contributed by atoms with E-state index >= 15 is 0 Å². The molecule has 8 nitrogen and oxygen atoms in total. The number of aromatic nitrogens is 2. The molecule has 4 rings (SSSR count). The van der Waals surface area contributed by atoms with Crippen molar-refractivity contribution < 1.29 is 4.79 Å². The molecule has 0 saturated heterocycles. The van der Waals surface area contributed by atoms with E-state index in [2.05, 4.69) is 20.8 Å². The molecule has 1 atom stereocenters. The Morgan fingerprint density at radius 1 is 1.32 bits per heavy atom. The number of hydrogen-bond donors (Lipinski definition) is 3. The van der Waals surface area contributed by atoms with Crippen LogP contribution in [-0.4, -0.2) is 32.8 Å². The third-order valence-corrected chi connectivity index (χ3v) is 3.87. The number of hydrogen-bond acceptors (Lipinski definition) is 6. The molecule has 0 radical (unpaired) electrons. The average molecular weight is 335 g/mol. The molecule has 25 heavy (non-hydrogen) atoms. The Hall–Kier alpha value is -3.55. The molecule has 1 amide bonds. The summed E-state index contributed by atoms with van der Waals surface area (Å²) < 4.78 is 1.61. The number of hydrazine groups is 1. The molecule has 0 saturated carbocycles. The maximum atomic E-state index is 12.1. The molecular formula is C17H17N7O. The average Bonchev–Trinajstić information content (AvgIpc) is 3.20. The molecule has 2 aromatic rings. The molecule has 2 aliphatic heterocycles. The number of fused-ring (bicyclic) bond motifs is 1. The lowest BCUT2D eigenvalue weighted by molar-refractivity contribution is -0.116. The van der Waals surface area contributed by atoms with Crippen molar-refractivity contribution in [1.82, 2.24) is 20.2 Å². The second kappa shape index (κ2) is 6.16. The predicted octanol–water partition coefficient (Wildman–Crippen LogP) is 0.893. The Morgan fingerprint density at radius 2 is 2.16 bits per heavy atom. The molecule has 1 unspecified atom stereocenters. The second-order valence-electron chi connectivity index (χ2n) is 5.73. The summed E-state index contributed by atoms with van der Waals surface area (Å²) in [5, 5.41) is 8.92. The molecule has 0 spiro atoms. The summed E-state index contributed by atoms with van der Waals surface area (Å²) in [6.45, 7) is 0.147. The van der Waals surface area contributed by atoms with Gasteiger partial charge in [-0.1, -0.05) is 18.2 Å². The third-order valence-electron chi connectivity index (χ3n) is 3.87. The van der Waals surface area contributed by atoms with Crippen molar-refractivity contribution in [2.24, 2.45) is 10.7 Å². The van der Waals surface area contributed by atoms with Gasteiger partial charge in [-0.15, -0.1) is 0 Å². The first-order chi connectivity index (χ1) is 12.2. The van der Waals surface area contributed by atoms with Gasteiger partial charge in [0.2, 0.25) is 11.9 Å². The van der Waals surface area contributed by atoms with Gasteiger partial charge in [0.25, 0.3) is 0 Å². The highest BCUT2D eigenvalue weighted by atomic mass is 16.2. The minimum absolute atomic E-state index is 0.127. The number of rotatable bonds is 4. The van der Waals surface area contributed by atoms with Gasteiger partial charge >= 0.3 is 0 Å². The van der Waals surface area contributed by atoms with Crippen LogP contribution in [-0.2, 0) is 11.3 Å². The second-order valence-corrected chi connectivity index (χ2v) is 5.73. The fourth-order valence-corrected chi connectivity index (χ4v) is 2.71. The van der Waals surface area contributed by atoms with E-state index in [1.54, 1.807) is 10.9 Å². The van der Waals surface area contributed by atoms with Crippen LogP contribution in [0.4, 0.5) is 5.69 Å². The molecular weight excluding hydrogens is 318 g/mol. The fraction of sp³-hybridized carbons (Fsp3) is 0.118. The Labute approximate surface area is 144 Å². The molecule has 0 aliphatic carbocycles. The number of carbonyl (C=O) groups excluding carboxylic acids is 1. The number of amides is 1. The molecule has 1 aromatic heterocycles. The largest absolute Gasteiger partial charge is 0.368 e. The fourth-order valence-electron chi connectivity index (χ4n) is 2.71. The number of anilines is 1. The van der Waals surface area contributed by atoms with Crippen molar-refractivity contribution in [3.63, 3.8) is 0 Å². The minimum atomic E-state index is -0.162. The number of carbonyl (C=O) groups is 1. The maximum Gasteiger partial charge on any atom is 0.246 e. The Bertz CT molecular complexity index is 881. The lowest BCUT2D eigenvalue weighted by atomic mass is 10.1. The lowest BCUT2D eigenvalue weighted by Crippen LogP contribution is -2.39. The van der Waals surface area contributed by atoms with Crippen LogP contribution in [0.1, 0.15) is 5.56 Å². The first-order valence-electron chi connectivity index (χ1n) is 7.83. The van der Waals surface area contributed by atoms with Gasteiger partial charge in [-0.3, -0.25) is 19.9 Å². The first-order valence-corrected chi connectivity index (χ1v) is 7.83. The number of nitrogens with two attached hydrogens (primary N) is 1. The van der Waals surface area contributed by atoms with E-state index in [1.165, 1.54) is 0 Å². The van der Waals surface area contributed by atoms with Crippen LogP contribution < -0.4 is 16.5 Å². The summed E-state index contributed by atoms with van der Waals surface area (Å²) in [5.74, 6) is 0.262. The monoisotopic (exact) mass is 335 g/mol. The van der Waals surface area contributed by atoms with Crippen molar-refractivity contribution in [2.75, 3.05) is 5.32 Å². The van der Waals surface area contributed by atoms with Gasteiger partial charge in [0.15, 0.2) is 6.17 Å². The van der Waals surface area contributed by atoms with Crippen LogP contribution in [0.25, 0.3) is 5.57 Å². The smallest absolute Gasteiger partial charge is 0.246 e. The standard InChI is InChI=1S/C17H17N7O/c18-17-21-15-8-12(6-7-24(15)22-17)13-9-19-23(10-13)11-16(25)20-14-4-2-1-3-5-14/h1-10,15H,11H2,(H,20,25)(H3,18,21,22). The summed E-state index contributed by atoms with van der Waals surface area (Å²) in [5.41, 5.74) is 11.3. The summed E-state index contributed by atoms with van der Waals surface area (Å²) in [6.07, 6.45) is 9.22. The highest BCUT2D eigenvalue weighted by Crippen LogP contribution is 2.23. The van der Waals surface area contributed by atoms with Crippen molar-refractivity contribution in [3.05, 3.63) is 66.6 Å². The van der Waals surface area contributed by atoms with Crippen molar-refractivity contribution >= 4 is 23.1 Å². The SMILES string of the molecule is NC1=NC2C=C(c3cnn(CC(=O)Nc4ccccc4)c3)C=CN2N1. The van der Waals surface area contributed by atoms with Gasteiger partial charge in [0.1, 0.15) is 6.54 Å². The molecule has 4 N–H and O–H groups in total. The number of nitrogens with zero attached hydrogens (tertiary/aromatic N) is 4. The molecule has 0 fully saturated rings. The Kier molecular flexibility index (Phi) is 3.70. The minimum Gasteiger partial charge on any atom is -0.368 e. The number of benzene rings is 1. The first kappa shape index (κ1) is 15.0. The van der Waals surface area contributed by atoms with E-state index in [0.29, 0.717) is 5.96 Å². The zero-order valence-corrected chi connectivity index (χ0v) is 13.3. The Balaban J connectivity index is 1.43. The Morgan fingerprint density at radius 3 is 3.00 bits per heavy atom. The van der Waals surface area contributed by atoms with E-state index in [4.69, 9.17) is 5.73 Å². The number of guanidine groups is 1.